The summed E-state index contributed by atoms with van der Waals surface area (Å²) >= 11 is 1.69. The van der Waals surface area contributed by atoms with E-state index >= 15 is 0 Å². The first-order chi connectivity index (χ1) is 11.1. The van der Waals surface area contributed by atoms with Gasteiger partial charge in [-0.2, -0.15) is 11.3 Å². The first-order valence-electron chi connectivity index (χ1n) is 7.97. The summed E-state index contributed by atoms with van der Waals surface area (Å²) in [4.78, 5) is 14.9. The number of aryl methyl sites for hydroxylation is 1. The van der Waals surface area contributed by atoms with E-state index in [1.165, 1.54) is 5.56 Å². The SMILES string of the molecule is CCN(CC)C(CNC(=O)c1cc(N)ccc1C)c1ccsc1.Cl.Cl. The van der Waals surface area contributed by atoms with Gasteiger partial charge in [-0.05, 0) is 60.1 Å². The fraction of sp³-hybridized carbons (Fsp3) is 0.389. The molecule has 0 saturated heterocycles. The van der Waals surface area contributed by atoms with Crippen LogP contribution in [0.25, 0.3) is 0 Å². The Morgan fingerprint density at radius 2 is 1.92 bits per heavy atom. The molecule has 0 aliphatic heterocycles. The minimum Gasteiger partial charge on any atom is -0.399 e. The predicted molar refractivity (Wildman–Crippen MR) is 112 cm³/mol. The van der Waals surface area contributed by atoms with Crippen molar-refractivity contribution in [2.45, 2.75) is 26.8 Å². The van der Waals surface area contributed by atoms with Crippen LogP contribution in [0.1, 0.15) is 41.4 Å². The first kappa shape index (κ1) is 23.7. The zero-order valence-corrected chi connectivity index (χ0v) is 17.3. The summed E-state index contributed by atoms with van der Waals surface area (Å²) in [6.45, 7) is 8.70. The standard InChI is InChI=1S/C18H25N3OS.2ClH/c1-4-21(5-2)17(14-8-9-23-12-14)11-20-18(22)16-10-15(19)7-6-13(16)3;;/h6-10,12,17H,4-5,11,19H2,1-3H3,(H,20,22);2*1H. The summed E-state index contributed by atoms with van der Waals surface area (Å²) in [7, 11) is 0. The van der Waals surface area contributed by atoms with E-state index in [9.17, 15) is 4.79 Å². The number of rotatable bonds is 7. The number of hydrogen-bond acceptors (Lipinski definition) is 4. The Hall–Kier alpha value is -1.27. The number of nitrogens with two attached hydrogens (primary N) is 1. The van der Waals surface area contributed by atoms with E-state index in [0.717, 1.165) is 18.7 Å². The largest absolute Gasteiger partial charge is 0.399 e. The molecule has 2 rings (SSSR count). The number of thiophene rings is 1. The van der Waals surface area contributed by atoms with Gasteiger partial charge in [-0.15, -0.1) is 24.8 Å². The fourth-order valence-electron chi connectivity index (χ4n) is 2.76. The first-order valence-corrected chi connectivity index (χ1v) is 8.91. The van der Waals surface area contributed by atoms with E-state index < -0.39 is 0 Å². The molecule has 1 amide bonds. The Morgan fingerprint density at radius 1 is 1.24 bits per heavy atom. The van der Waals surface area contributed by atoms with E-state index in [1.807, 2.05) is 19.1 Å². The van der Waals surface area contributed by atoms with Crippen LogP contribution in [0.15, 0.2) is 35.0 Å². The molecular formula is C18H27Cl2N3OS. The quantitative estimate of drug-likeness (QED) is 0.677. The summed E-state index contributed by atoms with van der Waals surface area (Å²) in [5.41, 5.74) is 9.25. The zero-order valence-electron chi connectivity index (χ0n) is 14.8. The van der Waals surface area contributed by atoms with Gasteiger partial charge in [-0.3, -0.25) is 9.69 Å². The molecule has 2 aromatic rings. The Morgan fingerprint density at radius 3 is 2.48 bits per heavy atom. The minimum atomic E-state index is -0.0674. The molecule has 0 spiro atoms. The van der Waals surface area contributed by atoms with Gasteiger partial charge >= 0.3 is 0 Å². The molecule has 3 N–H and O–H groups in total. The maximum atomic E-state index is 12.5. The number of amides is 1. The minimum absolute atomic E-state index is 0. The second-order valence-corrected chi connectivity index (χ2v) is 6.36. The highest BCUT2D eigenvalue weighted by Gasteiger charge is 2.20. The van der Waals surface area contributed by atoms with E-state index in [1.54, 1.807) is 17.4 Å². The van der Waals surface area contributed by atoms with E-state index in [4.69, 9.17) is 5.73 Å². The average molecular weight is 404 g/mol. The summed E-state index contributed by atoms with van der Waals surface area (Å²) in [5.74, 6) is -0.0674. The molecule has 4 nitrogen and oxygen atoms in total. The van der Waals surface area contributed by atoms with Gasteiger partial charge in [0.05, 0.1) is 6.04 Å². The number of nitrogen functional groups attached to an aromatic ring is 1. The van der Waals surface area contributed by atoms with Crippen LogP contribution in [-0.2, 0) is 0 Å². The van der Waals surface area contributed by atoms with Crippen LogP contribution in [-0.4, -0.2) is 30.4 Å². The van der Waals surface area contributed by atoms with Crippen LogP contribution >= 0.6 is 36.2 Å². The third kappa shape index (κ3) is 6.19. The van der Waals surface area contributed by atoms with Crippen LogP contribution in [0.3, 0.4) is 0 Å². The van der Waals surface area contributed by atoms with Crippen LogP contribution in [0, 0.1) is 6.92 Å². The lowest BCUT2D eigenvalue weighted by molar-refractivity contribution is 0.0934. The van der Waals surface area contributed by atoms with E-state index in [-0.39, 0.29) is 36.8 Å². The summed E-state index contributed by atoms with van der Waals surface area (Å²) in [6, 6.07) is 7.76. The number of carbonyl (C=O) groups is 1. The number of carbonyl (C=O) groups excluding carboxylic acids is 1. The monoisotopic (exact) mass is 403 g/mol. The van der Waals surface area contributed by atoms with Crippen LogP contribution in [0.2, 0.25) is 0 Å². The third-order valence-electron chi connectivity index (χ3n) is 4.14. The summed E-state index contributed by atoms with van der Waals surface area (Å²) in [6.07, 6.45) is 0. The van der Waals surface area contributed by atoms with Gasteiger partial charge in [0, 0.05) is 17.8 Å². The van der Waals surface area contributed by atoms with Crippen LogP contribution in [0.5, 0.6) is 0 Å². The molecule has 1 unspecified atom stereocenters. The van der Waals surface area contributed by atoms with Gasteiger partial charge in [0.2, 0.25) is 0 Å². The van der Waals surface area contributed by atoms with Gasteiger partial charge in [0.15, 0.2) is 0 Å². The van der Waals surface area contributed by atoms with Crippen molar-refractivity contribution < 1.29 is 4.79 Å². The lowest BCUT2D eigenvalue weighted by Gasteiger charge is -2.29. The molecule has 1 aromatic carbocycles. The highest BCUT2D eigenvalue weighted by Crippen LogP contribution is 2.22. The zero-order chi connectivity index (χ0) is 16.8. The molecule has 0 bridgehead atoms. The molecule has 0 aliphatic carbocycles. The number of anilines is 1. The number of likely N-dealkylation sites (N-methyl/N-ethyl adjacent to an activating group) is 1. The third-order valence-corrected chi connectivity index (χ3v) is 4.84. The van der Waals surface area contributed by atoms with Crippen molar-refractivity contribution in [3.05, 3.63) is 51.7 Å². The lowest BCUT2D eigenvalue weighted by Crippen LogP contribution is -2.38. The van der Waals surface area contributed by atoms with Gasteiger partial charge < -0.3 is 11.1 Å². The Kier molecular flexibility index (Phi) is 10.8. The van der Waals surface area contributed by atoms with Gasteiger partial charge in [-0.25, -0.2) is 0 Å². The van der Waals surface area contributed by atoms with Crippen LogP contribution in [0.4, 0.5) is 5.69 Å². The highest BCUT2D eigenvalue weighted by molar-refractivity contribution is 7.07. The number of nitrogens with one attached hydrogen (secondary N) is 1. The molecule has 7 heteroatoms. The van der Waals surface area contributed by atoms with Gasteiger partial charge in [0.1, 0.15) is 0 Å². The predicted octanol–water partition coefficient (Wildman–Crippen LogP) is 4.30. The highest BCUT2D eigenvalue weighted by atomic mass is 35.5. The van der Waals surface area contributed by atoms with Crippen molar-refractivity contribution in [2.24, 2.45) is 0 Å². The summed E-state index contributed by atoms with van der Waals surface area (Å²) < 4.78 is 0. The second kappa shape index (κ2) is 11.4. The molecule has 0 fully saturated rings. The number of nitrogens with zero attached hydrogens (tertiary/aromatic N) is 1. The Balaban J connectivity index is 0.00000288. The Labute approximate surface area is 166 Å². The number of hydrogen-bond donors (Lipinski definition) is 2. The molecule has 140 valence electrons. The molecule has 25 heavy (non-hydrogen) atoms. The van der Waals surface area contributed by atoms with Crippen molar-refractivity contribution in [1.29, 1.82) is 0 Å². The molecule has 0 saturated carbocycles. The summed E-state index contributed by atoms with van der Waals surface area (Å²) in [5, 5.41) is 7.31. The van der Waals surface area contributed by atoms with E-state index in [0.29, 0.717) is 17.8 Å². The number of benzene rings is 1. The Bertz CT molecular complexity index is 646. The van der Waals surface area contributed by atoms with Crippen molar-refractivity contribution in [3.8, 4) is 0 Å². The number of halogens is 2. The normalized spacial score (nSPS) is 11.4. The maximum absolute atomic E-state index is 12.5. The lowest BCUT2D eigenvalue weighted by atomic mass is 10.1. The average Bonchev–Trinajstić information content (AvgIpc) is 3.07. The molecule has 1 atom stereocenters. The molecule has 0 aliphatic rings. The van der Waals surface area contributed by atoms with Crippen molar-refractivity contribution in [1.82, 2.24) is 10.2 Å². The fourth-order valence-corrected chi connectivity index (χ4v) is 3.46. The molecule has 1 heterocycles. The smallest absolute Gasteiger partial charge is 0.251 e. The second-order valence-electron chi connectivity index (χ2n) is 5.58. The van der Waals surface area contributed by atoms with E-state index in [2.05, 4.69) is 40.9 Å². The van der Waals surface area contributed by atoms with Crippen molar-refractivity contribution in [2.75, 3.05) is 25.4 Å². The van der Waals surface area contributed by atoms with Crippen molar-refractivity contribution >= 4 is 47.7 Å². The van der Waals surface area contributed by atoms with Crippen molar-refractivity contribution in [3.63, 3.8) is 0 Å². The molecule has 1 aromatic heterocycles. The van der Waals surface area contributed by atoms with Crippen LogP contribution < -0.4 is 11.1 Å². The maximum Gasteiger partial charge on any atom is 0.251 e. The topological polar surface area (TPSA) is 58.4 Å². The molecular weight excluding hydrogens is 377 g/mol. The van der Waals surface area contributed by atoms with Gasteiger partial charge in [-0.1, -0.05) is 19.9 Å². The molecule has 0 radical (unpaired) electrons. The van der Waals surface area contributed by atoms with Gasteiger partial charge in [0.25, 0.3) is 5.91 Å².